The molecule has 0 aromatic carbocycles. The molecule has 0 fully saturated rings. The molecular formula is C33H32ClF2I8N9OV. The first-order valence-corrected chi connectivity index (χ1v) is 31.5. The van der Waals surface area contributed by atoms with Crippen molar-refractivity contribution in [2.75, 3.05) is 2.43 Å². The fourth-order valence-corrected chi connectivity index (χ4v) is 3.80. The van der Waals surface area contributed by atoms with Crippen molar-refractivity contribution >= 4 is 187 Å². The summed E-state index contributed by atoms with van der Waals surface area (Å²) >= 11 is 23.8. The van der Waals surface area contributed by atoms with E-state index < -0.39 is 11.9 Å². The van der Waals surface area contributed by atoms with Crippen molar-refractivity contribution in [1.29, 1.82) is 0 Å². The fraction of sp³-hybridized carbons (Fsp3) is 0.182. The first-order valence-electron chi connectivity index (χ1n) is 14.2. The number of nitrogens with zero attached hydrogens (tertiary/aromatic N) is 8. The van der Waals surface area contributed by atoms with Gasteiger partial charge in [-0.3, -0.25) is 4.79 Å². The third kappa shape index (κ3) is 32.5. The van der Waals surface area contributed by atoms with Gasteiger partial charge in [0.15, 0.2) is 0 Å². The van der Waals surface area contributed by atoms with Gasteiger partial charge < -0.3 is 4.98 Å². The quantitative estimate of drug-likeness (QED) is 0.0778. The molecule has 0 saturated carbocycles. The van der Waals surface area contributed by atoms with Crippen LogP contribution in [0.4, 0.5) is 8.78 Å². The predicted molar refractivity (Wildman–Crippen MR) is 285 cm³/mol. The third-order valence-corrected chi connectivity index (χ3v) is 5.96. The summed E-state index contributed by atoms with van der Waals surface area (Å²) in [5, 5.41) is 0.498. The Balaban J connectivity index is 0. The second-order valence-electron chi connectivity index (χ2n) is 8.92. The van der Waals surface area contributed by atoms with Crippen molar-refractivity contribution in [3.8, 4) is 22.5 Å². The van der Waals surface area contributed by atoms with E-state index in [-0.39, 0.29) is 13.0 Å². The fourth-order valence-electron chi connectivity index (χ4n) is 3.21. The minimum atomic E-state index is -0.501. The number of aromatic amines is 1. The van der Waals surface area contributed by atoms with Crippen LogP contribution in [0.1, 0.15) is 24.9 Å². The molecule has 0 aliphatic heterocycles. The molecule has 297 valence electrons. The van der Waals surface area contributed by atoms with Crippen LogP contribution in [0, 0.1) is 36.2 Å². The Bertz CT molecular complexity index is 1850. The number of nitrogens with one attached hydrogen (secondary N) is 1. The molecule has 0 atom stereocenters. The molecule has 0 aliphatic carbocycles. The summed E-state index contributed by atoms with van der Waals surface area (Å²) in [5.41, 5.74) is 2.86. The summed E-state index contributed by atoms with van der Waals surface area (Å²) in [5.74, 6) is 1.15. The zero-order valence-corrected chi connectivity index (χ0v) is 47.4. The van der Waals surface area contributed by atoms with Crippen molar-refractivity contribution in [2.45, 2.75) is 28.1 Å². The molecule has 0 amide bonds. The van der Waals surface area contributed by atoms with Gasteiger partial charge in [-0.05, 0) is 79.8 Å². The molecule has 0 saturated heterocycles. The Labute approximate surface area is 435 Å². The van der Waals surface area contributed by atoms with Crippen LogP contribution in [0.15, 0.2) is 96.6 Å². The SMILES string of the molecule is C.Cc1nccc(-c2cc[nH]c(=O)c2)n1.Cc1nccc(-c2ccnc(F)c2)n1.Cc1nccc(Cl)n1.Fc1cc(I)ccn1.IC(I)I.ICI.[I][V][I]. The molecule has 10 nitrogen and oxygen atoms in total. The monoisotopic (exact) mass is 1710 g/mol. The maximum absolute atomic E-state index is 12.8. The van der Waals surface area contributed by atoms with E-state index in [2.05, 4.69) is 198 Å². The number of aromatic nitrogens is 9. The van der Waals surface area contributed by atoms with E-state index in [1.807, 2.05) is 35.6 Å². The number of hydrogen-bond donors (Lipinski definition) is 1. The molecule has 0 aliphatic rings. The third-order valence-electron chi connectivity index (χ3n) is 5.08. The van der Waals surface area contributed by atoms with Gasteiger partial charge in [0.25, 0.3) is 0 Å². The first kappa shape index (κ1) is 58.2. The summed E-state index contributed by atoms with van der Waals surface area (Å²) in [4.78, 5) is 44.5. The van der Waals surface area contributed by atoms with Gasteiger partial charge in [-0.2, -0.15) is 8.78 Å². The van der Waals surface area contributed by atoms with Crippen molar-refractivity contribution < 1.29 is 18.2 Å². The maximum atomic E-state index is 12.8. The van der Waals surface area contributed by atoms with Gasteiger partial charge in [0.1, 0.15) is 22.6 Å². The van der Waals surface area contributed by atoms with E-state index in [1.165, 1.54) is 33.0 Å². The van der Waals surface area contributed by atoms with Crippen LogP contribution in [0.25, 0.3) is 22.5 Å². The van der Waals surface area contributed by atoms with Gasteiger partial charge in [0.2, 0.25) is 17.5 Å². The summed E-state index contributed by atoms with van der Waals surface area (Å²) in [6.07, 6.45) is 9.42. The van der Waals surface area contributed by atoms with Crippen LogP contribution >= 0.6 is 187 Å². The van der Waals surface area contributed by atoms with Crippen LogP contribution in [-0.4, -0.2) is 47.2 Å². The first-order chi connectivity index (χ1) is 25.6. The molecule has 0 bridgehead atoms. The van der Waals surface area contributed by atoms with E-state index in [0.29, 0.717) is 43.3 Å². The topological polar surface area (TPSA) is 136 Å². The molecule has 0 unspecified atom stereocenters. The second kappa shape index (κ2) is 36.9. The molecule has 0 spiro atoms. The summed E-state index contributed by atoms with van der Waals surface area (Å²) in [7, 11) is 0.628. The zero-order valence-electron chi connectivity index (χ0n) is 28.0. The minimum absolute atomic E-state index is 0. The molecule has 55 heavy (non-hydrogen) atoms. The normalized spacial score (nSPS) is 9.07. The van der Waals surface area contributed by atoms with E-state index in [0.717, 1.165) is 14.8 Å². The number of H-pyrrole nitrogens is 1. The molecule has 6 rings (SSSR count). The summed E-state index contributed by atoms with van der Waals surface area (Å²) in [6.45, 7) is 5.41. The van der Waals surface area contributed by atoms with Crippen LogP contribution in [-0.2, 0) is 9.47 Å². The Morgan fingerprint density at radius 3 is 1.44 bits per heavy atom. The number of pyridine rings is 3. The standard InChI is InChI=1S/C10H8FN3.C10H9N3O.C5H5ClN2.C5H3FIN.CHI3.CH2I2.CH4.2HI.V/c1-7-12-5-3-9(14-7)8-2-4-13-10(11)6-8;1-7-11-5-3-9(13-7)8-2-4-12-10(14)6-8;1-4-7-3-2-5(6)8-4;6-5-3-4(7)1-2-8-5;2-1(3)4;2-1-3;;;;/h2-6H,1H3;2-6H,1H3,(H,12,14);2-3H,1H3;1-3H;1H;1H2;1H4;2*1H;/q;;;;;;;;;+2/p-2. The average Bonchev–Trinajstić information content (AvgIpc) is 3.10. The van der Waals surface area contributed by atoms with Gasteiger partial charge in [-0.15, -0.1) is 0 Å². The Morgan fingerprint density at radius 2 is 1.09 bits per heavy atom. The van der Waals surface area contributed by atoms with E-state index in [4.69, 9.17) is 11.6 Å². The molecule has 6 heterocycles. The average molecular weight is 1710 g/mol. The van der Waals surface area contributed by atoms with E-state index >= 15 is 0 Å². The molecule has 6 aromatic rings. The second-order valence-corrected chi connectivity index (χ2v) is 37.7. The van der Waals surface area contributed by atoms with Crippen LogP contribution in [0.5, 0.6) is 0 Å². The van der Waals surface area contributed by atoms with Crippen LogP contribution < -0.4 is 5.56 Å². The van der Waals surface area contributed by atoms with E-state index in [1.54, 1.807) is 69.0 Å². The van der Waals surface area contributed by atoms with Gasteiger partial charge in [-0.25, -0.2) is 39.9 Å². The molecule has 1 N–H and O–H groups in total. The van der Waals surface area contributed by atoms with Gasteiger partial charge in [0.05, 0.1) is 13.8 Å². The van der Waals surface area contributed by atoms with E-state index in [9.17, 15) is 13.6 Å². The number of aryl methyl sites for hydroxylation is 3. The summed E-state index contributed by atoms with van der Waals surface area (Å²) < 4.78 is 27.7. The van der Waals surface area contributed by atoms with Crippen LogP contribution in [0.2, 0.25) is 5.15 Å². The van der Waals surface area contributed by atoms with Crippen LogP contribution in [0.3, 0.4) is 0 Å². The van der Waals surface area contributed by atoms with Gasteiger partial charge >= 0.3 is 49.4 Å². The number of alkyl halides is 5. The predicted octanol–water partition coefficient (Wildman–Crippen LogP) is 13.2. The Hall–Kier alpha value is 1.06. The molecule has 0 radical (unpaired) electrons. The molecule has 6 aromatic heterocycles. The van der Waals surface area contributed by atoms with Crippen molar-refractivity contribution in [3.63, 3.8) is 0 Å². The zero-order chi connectivity index (χ0) is 40.9. The number of hydrogen-bond acceptors (Lipinski definition) is 9. The molecule has 22 heteroatoms. The number of rotatable bonds is 2. The summed E-state index contributed by atoms with van der Waals surface area (Å²) in [6, 6.07) is 14.7. The van der Waals surface area contributed by atoms with Gasteiger partial charge in [-0.1, -0.05) is 132 Å². The molecular weight excluding hydrogens is 1680 g/mol. The Kier molecular flexibility index (Phi) is 39.0. The van der Waals surface area contributed by atoms with Crippen molar-refractivity contribution in [2.24, 2.45) is 0 Å². The van der Waals surface area contributed by atoms with Gasteiger partial charge in [0, 0.05) is 70.1 Å². The van der Waals surface area contributed by atoms with Crippen molar-refractivity contribution in [3.05, 3.63) is 140 Å². The van der Waals surface area contributed by atoms with Crippen molar-refractivity contribution in [1.82, 2.24) is 44.9 Å². The number of halogens is 11. The Morgan fingerprint density at radius 1 is 0.691 bits per heavy atom.